The van der Waals surface area contributed by atoms with Gasteiger partial charge in [0.2, 0.25) is 0 Å². The first-order valence-electron chi connectivity index (χ1n) is 16.2. The standard InChI is InChI=1S/C38H44N6O2/c1-24-10-16-29(17-11-24)44-35(23-34(43-44)38(3,4)5)42-37(46)41-28-14-12-26(13-15-28)36(27-18-20-39-21-19-27)33(45)22-31-25(2)40-32-9-7-6-8-30(31)32/h6-17,23,27,36,39-40H,18-22H2,1-5H3,(H2,41,42,46). The normalized spacial score (nSPS) is 14.7. The van der Waals surface area contributed by atoms with Gasteiger partial charge in [-0.1, -0.05) is 68.8 Å². The molecule has 5 aromatic rings. The number of carbonyl (C=O) groups excluding carboxylic acids is 2. The molecular formula is C38H44N6O2. The van der Waals surface area contributed by atoms with Crippen LogP contribution < -0.4 is 16.0 Å². The van der Waals surface area contributed by atoms with Gasteiger partial charge in [0.25, 0.3) is 0 Å². The van der Waals surface area contributed by atoms with E-state index in [4.69, 9.17) is 5.10 Å². The fourth-order valence-corrected chi connectivity index (χ4v) is 6.52. The molecule has 2 aromatic heterocycles. The summed E-state index contributed by atoms with van der Waals surface area (Å²) in [4.78, 5) is 30.8. The van der Waals surface area contributed by atoms with Crippen LogP contribution in [0.1, 0.15) is 67.6 Å². The zero-order chi connectivity index (χ0) is 32.4. The summed E-state index contributed by atoms with van der Waals surface area (Å²) in [5.41, 5.74) is 7.55. The Hall–Kier alpha value is -4.69. The largest absolute Gasteiger partial charge is 0.358 e. The molecule has 4 N–H and O–H groups in total. The van der Waals surface area contributed by atoms with E-state index in [1.807, 2.05) is 80.6 Å². The van der Waals surface area contributed by atoms with Gasteiger partial charge in [-0.2, -0.15) is 5.10 Å². The molecular weight excluding hydrogens is 572 g/mol. The Kier molecular flexibility index (Phi) is 8.82. The van der Waals surface area contributed by atoms with E-state index in [2.05, 4.69) is 53.8 Å². The smallest absolute Gasteiger partial charge is 0.324 e. The molecule has 3 heterocycles. The van der Waals surface area contributed by atoms with Crippen molar-refractivity contribution in [3.8, 4) is 5.69 Å². The number of aromatic nitrogens is 3. The monoisotopic (exact) mass is 616 g/mol. The van der Waals surface area contributed by atoms with Gasteiger partial charge >= 0.3 is 6.03 Å². The third-order valence-corrected chi connectivity index (χ3v) is 9.11. The van der Waals surface area contributed by atoms with Crippen molar-refractivity contribution in [2.24, 2.45) is 5.92 Å². The van der Waals surface area contributed by atoms with Crippen LogP contribution in [0.3, 0.4) is 0 Å². The van der Waals surface area contributed by atoms with E-state index >= 15 is 0 Å². The number of urea groups is 1. The lowest BCUT2D eigenvalue weighted by Crippen LogP contribution is -2.34. The number of carbonyl (C=O) groups is 2. The first-order valence-corrected chi connectivity index (χ1v) is 16.2. The summed E-state index contributed by atoms with van der Waals surface area (Å²) in [7, 11) is 0. The van der Waals surface area contributed by atoms with Crippen molar-refractivity contribution >= 4 is 34.2 Å². The summed E-state index contributed by atoms with van der Waals surface area (Å²) in [6.45, 7) is 12.2. The number of Topliss-reactive ketones (excluding diaryl/α,β-unsaturated/α-hetero) is 1. The van der Waals surface area contributed by atoms with Gasteiger partial charge in [-0.3, -0.25) is 10.1 Å². The highest BCUT2D eigenvalue weighted by molar-refractivity contribution is 5.99. The number of para-hydroxylation sites is 1. The predicted molar refractivity (Wildman–Crippen MR) is 186 cm³/mol. The van der Waals surface area contributed by atoms with Crippen LogP contribution in [0, 0.1) is 19.8 Å². The lowest BCUT2D eigenvalue weighted by Gasteiger charge is -2.30. The van der Waals surface area contributed by atoms with Gasteiger partial charge in [0, 0.05) is 46.1 Å². The lowest BCUT2D eigenvalue weighted by molar-refractivity contribution is -0.121. The van der Waals surface area contributed by atoms with Crippen molar-refractivity contribution in [3.63, 3.8) is 0 Å². The molecule has 0 radical (unpaired) electrons. The number of aryl methyl sites for hydroxylation is 2. The number of aromatic amines is 1. The van der Waals surface area contributed by atoms with Crippen LogP contribution in [0.2, 0.25) is 0 Å². The number of nitrogens with zero attached hydrogens (tertiary/aromatic N) is 2. The number of amides is 2. The Labute approximate surface area is 271 Å². The summed E-state index contributed by atoms with van der Waals surface area (Å²) < 4.78 is 1.77. The first kappa shape index (κ1) is 31.3. The topological polar surface area (TPSA) is 104 Å². The molecule has 0 spiro atoms. The maximum absolute atomic E-state index is 14.1. The molecule has 1 aliphatic heterocycles. The van der Waals surface area contributed by atoms with E-state index in [0.717, 1.165) is 70.6 Å². The second-order valence-corrected chi connectivity index (χ2v) is 13.6. The SMILES string of the molecule is Cc1ccc(-n2nc(C(C)(C)C)cc2NC(=O)Nc2ccc(C(C(=O)Cc3c(C)[nH]c4ccccc34)C3CCNCC3)cc2)cc1. The van der Waals surface area contributed by atoms with Crippen molar-refractivity contribution < 1.29 is 9.59 Å². The maximum atomic E-state index is 14.1. The van der Waals surface area contributed by atoms with E-state index < -0.39 is 0 Å². The third kappa shape index (κ3) is 6.77. The second-order valence-electron chi connectivity index (χ2n) is 13.6. The Bertz CT molecular complexity index is 1840. The molecule has 0 aliphatic carbocycles. The number of rotatable bonds is 8. The average Bonchev–Trinajstić information content (AvgIpc) is 3.60. The second kappa shape index (κ2) is 13.0. The summed E-state index contributed by atoms with van der Waals surface area (Å²) >= 11 is 0. The summed E-state index contributed by atoms with van der Waals surface area (Å²) in [5, 5.41) is 15.3. The molecule has 0 saturated carbocycles. The summed E-state index contributed by atoms with van der Waals surface area (Å²) in [6.07, 6.45) is 2.30. The van der Waals surface area contributed by atoms with E-state index in [1.165, 1.54) is 0 Å². The third-order valence-electron chi connectivity index (χ3n) is 9.11. The minimum atomic E-state index is -0.359. The molecule has 8 nitrogen and oxygen atoms in total. The average molecular weight is 617 g/mol. The molecule has 6 rings (SSSR count). The summed E-state index contributed by atoms with van der Waals surface area (Å²) in [5.74, 6) is 0.877. The van der Waals surface area contributed by atoms with Crippen molar-refractivity contribution in [1.82, 2.24) is 20.1 Å². The van der Waals surface area contributed by atoms with Gasteiger partial charge in [-0.05, 0) is 87.2 Å². The number of piperidine rings is 1. The number of benzene rings is 3. The molecule has 2 amide bonds. The minimum Gasteiger partial charge on any atom is -0.358 e. The van der Waals surface area contributed by atoms with Crippen LogP contribution in [0.15, 0.2) is 78.9 Å². The molecule has 46 heavy (non-hydrogen) atoms. The van der Waals surface area contributed by atoms with Crippen LogP contribution in [0.4, 0.5) is 16.3 Å². The molecule has 238 valence electrons. The fraction of sp³-hybridized carbons (Fsp3) is 0.342. The molecule has 1 atom stereocenters. The van der Waals surface area contributed by atoms with E-state index in [-0.39, 0.29) is 29.1 Å². The lowest BCUT2D eigenvalue weighted by atomic mass is 9.76. The Morgan fingerprint density at radius 3 is 2.33 bits per heavy atom. The zero-order valence-electron chi connectivity index (χ0n) is 27.4. The molecule has 1 aliphatic rings. The highest BCUT2D eigenvalue weighted by Gasteiger charge is 2.31. The highest BCUT2D eigenvalue weighted by atomic mass is 16.2. The highest BCUT2D eigenvalue weighted by Crippen LogP contribution is 2.35. The minimum absolute atomic E-state index is 0.187. The maximum Gasteiger partial charge on any atom is 0.324 e. The number of fused-ring (bicyclic) bond motifs is 1. The number of hydrogen-bond donors (Lipinski definition) is 4. The quantitative estimate of drug-likeness (QED) is 0.143. The van der Waals surface area contributed by atoms with Crippen LogP contribution >= 0.6 is 0 Å². The first-order chi connectivity index (χ1) is 22.1. The van der Waals surface area contributed by atoms with Crippen molar-refractivity contribution in [1.29, 1.82) is 0 Å². The molecule has 1 fully saturated rings. The van der Waals surface area contributed by atoms with E-state index in [0.29, 0.717) is 17.9 Å². The van der Waals surface area contributed by atoms with Gasteiger partial charge in [-0.25, -0.2) is 9.48 Å². The molecule has 1 unspecified atom stereocenters. The molecule has 3 aromatic carbocycles. The van der Waals surface area contributed by atoms with Crippen LogP contribution in [0.5, 0.6) is 0 Å². The van der Waals surface area contributed by atoms with E-state index in [1.54, 1.807) is 4.68 Å². The predicted octanol–water partition coefficient (Wildman–Crippen LogP) is 7.81. The van der Waals surface area contributed by atoms with Gasteiger partial charge in [0.15, 0.2) is 0 Å². The molecule has 0 bridgehead atoms. The fourth-order valence-electron chi connectivity index (χ4n) is 6.52. The molecule has 1 saturated heterocycles. The number of nitrogens with one attached hydrogen (secondary N) is 4. The van der Waals surface area contributed by atoms with Crippen LogP contribution in [0.25, 0.3) is 16.6 Å². The summed E-state index contributed by atoms with van der Waals surface area (Å²) in [6, 6.07) is 25.6. The Morgan fingerprint density at radius 1 is 0.935 bits per heavy atom. The van der Waals surface area contributed by atoms with Gasteiger partial charge in [0.1, 0.15) is 11.6 Å². The van der Waals surface area contributed by atoms with Gasteiger partial charge in [0.05, 0.1) is 11.4 Å². The molecule has 8 heteroatoms. The van der Waals surface area contributed by atoms with Gasteiger partial charge < -0.3 is 15.6 Å². The number of anilines is 2. The van der Waals surface area contributed by atoms with Crippen molar-refractivity contribution in [2.45, 2.75) is 65.2 Å². The van der Waals surface area contributed by atoms with Crippen LogP contribution in [-0.2, 0) is 16.6 Å². The van der Waals surface area contributed by atoms with Crippen LogP contribution in [-0.4, -0.2) is 39.7 Å². The zero-order valence-corrected chi connectivity index (χ0v) is 27.4. The van der Waals surface area contributed by atoms with Gasteiger partial charge in [-0.15, -0.1) is 0 Å². The van der Waals surface area contributed by atoms with Crippen molar-refractivity contribution in [2.75, 3.05) is 23.7 Å². The Balaban J connectivity index is 1.20. The Morgan fingerprint density at radius 2 is 1.63 bits per heavy atom. The number of ketones is 1. The number of hydrogen-bond acceptors (Lipinski definition) is 4. The van der Waals surface area contributed by atoms with Crippen molar-refractivity contribution in [3.05, 3.63) is 107 Å². The number of H-pyrrole nitrogens is 1. The van der Waals surface area contributed by atoms with E-state index in [9.17, 15) is 9.59 Å².